The third kappa shape index (κ3) is 2.52. The lowest BCUT2D eigenvalue weighted by Gasteiger charge is -2.23. The van der Waals surface area contributed by atoms with E-state index in [-0.39, 0.29) is 4.90 Å². The molecule has 2 rings (SSSR count). The predicted molar refractivity (Wildman–Crippen MR) is 66.9 cm³/mol. The lowest BCUT2D eigenvalue weighted by molar-refractivity contribution is 0.483. The fourth-order valence-electron chi connectivity index (χ4n) is 1.66. The van der Waals surface area contributed by atoms with E-state index in [9.17, 15) is 8.42 Å². The van der Waals surface area contributed by atoms with Crippen LogP contribution in [0.4, 0.5) is 5.69 Å². The molecule has 0 atom stereocenters. The SMILES string of the molecule is CCN(c1ccc(S(=O)(=O)O)cc1)n1ccnc1. The molecule has 1 N–H and O–H groups in total. The molecule has 0 saturated carbocycles. The van der Waals surface area contributed by atoms with Gasteiger partial charge >= 0.3 is 0 Å². The van der Waals surface area contributed by atoms with Crippen LogP contribution in [0.5, 0.6) is 0 Å². The average molecular weight is 267 g/mol. The van der Waals surface area contributed by atoms with Crippen molar-refractivity contribution in [1.82, 2.24) is 9.66 Å². The van der Waals surface area contributed by atoms with Gasteiger partial charge in [-0.25, -0.2) is 9.66 Å². The number of imidazole rings is 1. The van der Waals surface area contributed by atoms with Crippen LogP contribution in [-0.2, 0) is 10.1 Å². The van der Waals surface area contributed by atoms with Crippen LogP contribution in [0.25, 0.3) is 0 Å². The van der Waals surface area contributed by atoms with Crippen molar-refractivity contribution in [3.8, 4) is 0 Å². The van der Waals surface area contributed by atoms with Crippen molar-refractivity contribution in [2.75, 3.05) is 11.6 Å². The van der Waals surface area contributed by atoms with Crippen LogP contribution in [0.15, 0.2) is 47.9 Å². The molecular formula is C11H13N3O3S. The maximum Gasteiger partial charge on any atom is 0.294 e. The van der Waals surface area contributed by atoms with Gasteiger partial charge in [0.25, 0.3) is 10.1 Å². The molecule has 0 fully saturated rings. The standard InChI is InChI=1S/C11H13N3O3S/c1-2-14(13-8-7-12-9-13)10-3-5-11(6-4-10)18(15,16)17/h3-9H,2H2,1H3,(H,15,16,17). The van der Waals surface area contributed by atoms with E-state index >= 15 is 0 Å². The second-order valence-corrected chi connectivity index (χ2v) is 5.05. The van der Waals surface area contributed by atoms with Crippen molar-refractivity contribution >= 4 is 15.8 Å². The van der Waals surface area contributed by atoms with Crippen molar-refractivity contribution in [1.29, 1.82) is 0 Å². The highest BCUT2D eigenvalue weighted by molar-refractivity contribution is 7.85. The molecule has 1 heterocycles. The van der Waals surface area contributed by atoms with E-state index in [1.165, 1.54) is 12.1 Å². The Morgan fingerprint density at radius 2 is 2.00 bits per heavy atom. The average Bonchev–Trinajstić information content (AvgIpc) is 2.83. The van der Waals surface area contributed by atoms with Crippen molar-refractivity contribution in [3.05, 3.63) is 43.0 Å². The number of aromatic nitrogens is 2. The molecule has 0 aliphatic carbocycles. The number of nitrogens with zero attached hydrogens (tertiary/aromatic N) is 3. The second kappa shape index (κ2) is 4.79. The molecule has 1 aromatic heterocycles. The van der Waals surface area contributed by atoms with Crippen LogP contribution in [0.1, 0.15) is 6.92 Å². The van der Waals surface area contributed by atoms with Gasteiger partial charge in [0.1, 0.15) is 6.33 Å². The smallest absolute Gasteiger partial charge is 0.282 e. The Bertz CT molecular complexity index is 605. The van der Waals surface area contributed by atoms with Crippen molar-refractivity contribution in [3.63, 3.8) is 0 Å². The predicted octanol–water partition coefficient (Wildman–Crippen LogP) is 1.42. The monoisotopic (exact) mass is 267 g/mol. The minimum Gasteiger partial charge on any atom is -0.282 e. The molecule has 1 aromatic carbocycles. The molecule has 0 aliphatic rings. The maximum absolute atomic E-state index is 10.9. The summed E-state index contributed by atoms with van der Waals surface area (Å²) < 4.78 is 32.6. The number of anilines is 1. The number of benzene rings is 1. The summed E-state index contributed by atoms with van der Waals surface area (Å²) in [5.74, 6) is 0. The molecule has 0 amide bonds. The van der Waals surface area contributed by atoms with E-state index in [0.29, 0.717) is 6.54 Å². The summed E-state index contributed by atoms with van der Waals surface area (Å²) in [6, 6.07) is 5.99. The number of hydrogen-bond acceptors (Lipinski definition) is 4. The molecule has 6 nitrogen and oxygen atoms in total. The molecule has 0 saturated heterocycles. The summed E-state index contributed by atoms with van der Waals surface area (Å²) in [7, 11) is -4.14. The van der Waals surface area contributed by atoms with Gasteiger partial charge in [0.15, 0.2) is 0 Å². The van der Waals surface area contributed by atoms with Gasteiger partial charge in [-0.2, -0.15) is 8.42 Å². The minimum atomic E-state index is -4.14. The van der Waals surface area contributed by atoms with Crippen LogP contribution in [0.3, 0.4) is 0 Å². The molecule has 96 valence electrons. The van der Waals surface area contributed by atoms with E-state index in [1.54, 1.807) is 35.5 Å². The highest BCUT2D eigenvalue weighted by Crippen LogP contribution is 2.18. The van der Waals surface area contributed by atoms with E-state index in [4.69, 9.17) is 4.55 Å². The summed E-state index contributed by atoms with van der Waals surface area (Å²) in [4.78, 5) is 3.84. The van der Waals surface area contributed by atoms with E-state index in [2.05, 4.69) is 4.98 Å². The Kier molecular flexibility index (Phi) is 3.35. The Labute approximate surface area is 105 Å². The van der Waals surface area contributed by atoms with Gasteiger partial charge in [-0.1, -0.05) is 0 Å². The molecule has 0 bridgehead atoms. The zero-order chi connectivity index (χ0) is 13.2. The summed E-state index contributed by atoms with van der Waals surface area (Å²) >= 11 is 0. The van der Waals surface area contributed by atoms with Crippen LogP contribution in [0.2, 0.25) is 0 Å². The van der Waals surface area contributed by atoms with Gasteiger partial charge in [-0.15, -0.1) is 0 Å². The topological polar surface area (TPSA) is 75.4 Å². The van der Waals surface area contributed by atoms with Gasteiger partial charge < -0.3 is 0 Å². The van der Waals surface area contributed by atoms with Crippen LogP contribution < -0.4 is 5.01 Å². The molecule has 2 aromatic rings. The van der Waals surface area contributed by atoms with Gasteiger partial charge in [-0.05, 0) is 31.2 Å². The number of hydrogen-bond donors (Lipinski definition) is 1. The van der Waals surface area contributed by atoms with Crippen molar-refractivity contribution in [2.24, 2.45) is 0 Å². The minimum absolute atomic E-state index is 0.118. The Morgan fingerprint density at radius 1 is 1.33 bits per heavy atom. The fraction of sp³-hybridized carbons (Fsp3) is 0.182. The van der Waals surface area contributed by atoms with E-state index in [0.717, 1.165) is 5.69 Å². The van der Waals surface area contributed by atoms with Gasteiger partial charge in [-0.3, -0.25) is 9.56 Å². The lowest BCUT2D eigenvalue weighted by Crippen LogP contribution is -2.27. The third-order valence-electron chi connectivity index (χ3n) is 2.50. The van der Waals surface area contributed by atoms with Crippen molar-refractivity contribution in [2.45, 2.75) is 11.8 Å². The second-order valence-electron chi connectivity index (χ2n) is 3.63. The zero-order valence-electron chi connectivity index (χ0n) is 9.76. The molecule has 0 unspecified atom stereocenters. The molecular weight excluding hydrogens is 254 g/mol. The largest absolute Gasteiger partial charge is 0.294 e. The van der Waals surface area contributed by atoms with Crippen LogP contribution >= 0.6 is 0 Å². The first kappa shape index (κ1) is 12.6. The molecule has 0 radical (unpaired) electrons. The Hall–Kier alpha value is -1.86. The van der Waals surface area contributed by atoms with E-state index < -0.39 is 10.1 Å². The van der Waals surface area contributed by atoms with Gasteiger partial charge in [0, 0.05) is 18.9 Å². The van der Waals surface area contributed by atoms with Crippen LogP contribution in [0, 0.1) is 0 Å². The summed E-state index contributed by atoms with van der Waals surface area (Å²) in [5, 5.41) is 1.90. The van der Waals surface area contributed by atoms with Gasteiger partial charge in [0.2, 0.25) is 0 Å². The highest BCUT2D eigenvalue weighted by Gasteiger charge is 2.11. The zero-order valence-corrected chi connectivity index (χ0v) is 10.6. The third-order valence-corrected chi connectivity index (χ3v) is 3.37. The molecule has 7 heteroatoms. The van der Waals surface area contributed by atoms with Crippen molar-refractivity contribution < 1.29 is 13.0 Å². The Balaban J connectivity index is 2.34. The summed E-state index contributed by atoms with van der Waals surface area (Å²) in [6.45, 7) is 2.66. The highest BCUT2D eigenvalue weighted by atomic mass is 32.2. The summed E-state index contributed by atoms with van der Waals surface area (Å²) in [5.41, 5.74) is 0.808. The fourth-order valence-corrected chi connectivity index (χ4v) is 2.14. The first-order valence-electron chi connectivity index (χ1n) is 5.35. The van der Waals surface area contributed by atoms with Gasteiger partial charge in [0.05, 0.1) is 10.6 Å². The van der Waals surface area contributed by atoms with Crippen LogP contribution in [-0.4, -0.2) is 29.2 Å². The quantitative estimate of drug-likeness (QED) is 0.848. The first-order valence-corrected chi connectivity index (χ1v) is 6.79. The normalized spacial score (nSPS) is 11.4. The first-order chi connectivity index (χ1) is 8.52. The Morgan fingerprint density at radius 3 is 2.44 bits per heavy atom. The van der Waals surface area contributed by atoms with E-state index in [1.807, 2.05) is 11.9 Å². The summed E-state index contributed by atoms with van der Waals surface area (Å²) in [6.07, 6.45) is 5.11. The molecule has 0 spiro atoms. The lowest BCUT2D eigenvalue weighted by atomic mass is 10.3. The molecule has 0 aliphatic heterocycles. The number of rotatable bonds is 4. The maximum atomic E-state index is 10.9. The molecule has 18 heavy (non-hydrogen) atoms.